The standard InChI is InChI=1S/C17H16N4OS/c1-10-9-23-16(19-10)13-14-12(3-2-6-18-14)21-8-7-20(11-4-5-11)17(22)15(13)21/h2-3,6,9,11H,4-5,7-8H2,1H3. The molecule has 3 aromatic heterocycles. The molecule has 0 bridgehead atoms. The minimum absolute atomic E-state index is 0.139. The zero-order valence-corrected chi connectivity index (χ0v) is 13.6. The Hall–Kier alpha value is -2.21. The molecule has 0 N–H and O–H groups in total. The molecule has 0 spiro atoms. The lowest BCUT2D eigenvalue weighted by Crippen LogP contribution is -2.41. The van der Waals surface area contributed by atoms with E-state index in [2.05, 4.69) is 20.6 Å². The third-order valence-corrected chi connectivity index (χ3v) is 5.65. The first kappa shape index (κ1) is 13.2. The predicted molar refractivity (Wildman–Crippen MR) is 89.6 cm³/mol. The highest BCUT2D eigenvalue weighted by Crippen LogP contribution is 2.39. The molecule has 4 heterocycles. The summed E-state index contributed by atoms with van der Waals surface area (Å²) >= 11 is 1.59. The largest absolute Gasteiger partial charge is 0.333 e. The van der Waals surface area contributed by atoms with Gasteiger partial charge in [0.15, 0.2) is 0 Å². The second-order valence-electron chi connectivity index (χ2n) is 6.27. The Morgan fingerprint density at radius 2 is 2.17 bits per heavy atom. The van der Waals surface area contributed by atoms with Crippen LogP contribution in [-0.2, 0) is 6.54 Å². The second-order valence-corrected chi connectivity index (χ2v) is 7.13. The van der Waals surface area contributed by atoms with Crippen molar-refractivity contribution in [2.45, 2.75) is 32.4 Å². The van der Waals surface area contributed by atoms with Crippen LogP contribution in [0.25, 0.3) is 21.6 Å². The number of fused-ring (bicyclic) bond motifs is 3. The number of aromatic nitrogens is 3. The van der Waals surface area contributed by atoms with Gasteiger partial charge in [0.05, 0.1) is 16.6 Å². The minimum Gasteiger partial charge on any atom is -0.333 e. The molecule has 3 aromatic rings. The van der Waals surface area contributed by atoms with E-state index < -0.39 is 0 Å². The van der Waals surface area contributed by atoms with Crippen LogP contribution in [0.3, 0.4) is 0 Å². The summed E-state index contributed by atoms with van der Waals surface area (Å²) in [7, 11) is 0. The van der Waals surface area contributed by atoms with Crippen molar-refractivity contribution < 1.29 is 4.79 Å². The first-order chi connectivity index (χ1) is 11.2. The van der Waals surface area contributed by atoms with Gasteiger partial charge in [-0.25, -0.2) is 4.98 Å². The summed E-state index contributed by atoms with van der Waals surface area (Å²) in [6, 6.07) is 4.42. The molecule has 1 saturated carbocycles. The summed E-state index contributed by atoms with van der Waals surface area (Å²) < 4.78 is 2.13. The number of hydrogen-bond acceptors (Lipinski definition) is 4. The highest BCUT2D eigenvalue weighted by atomic mass is 32.1. The van der Waals surface area contributed by atoms with Gasteiger partial charge in [-0.05, 0) is 31.9 Å². The lowest BCUT2D eigenvalue weighted by atomic mass is 10.1. The van der Waals surface area contributed by atoms with Gasteiger partial charge in [0.25, 0.3) is 5.91 Å². The van der Waals surface area contributed by atoms with Crippen LogP contribution in [0, 0.1) is 6.92 Å². The quantitative estimate of drug-likeness (QED) is 0.728. The van der Waals surface area contributed by atoms with Crippen molar-refractivity contribution in [3.05, 3.63) is 35.1 Å². The zero-order chi connectivity index (χ0) is 15.6. The molecule has 5 rings (SSSR count). The molecule has 116 valence electrons. The van der Waals surface area contributed by atoms with Crippen molar-refractivity contribution in [3.63, 3.8) is 0 Å². The highest BCUT2D eigenvalue weighted by Gasteiger charge is 2.39. The van der Waals surface area contributed by atoms with E-state index in [0.717, 1.165) is 58.9 Å². The number of carbonyl (C=O) groups is 1. The fraction of sp³-hybridized carbons (Fsp3) is 0.353. The van der Waals surface area contributed by atoms with Crippen LogP contribution in [0.5, 0.6) is 0 Å². The lowest BCUT2D eigenvalue weighted by molar-refractivity contribution is 0.0694. The SMILES string of the molecule is Cc1csc(-c2c3n(c4cccnc24)CCN(C2CC2)C3=O)n1. The number of aryl methyl sites for hydroxylation is 1. The fourth-order valence-corrected chi connectivity index (χ4v) is 4.32. The van der Waals surface area contributed by atoms with Crippen LogP contribution in [-0.4, -0.2) is 37.9 Å². The molecule has 1 aliphatic heterocycles. The lowest BCUT2D eigenvalue weighted by Gasteiger charge is -2.29. The molecule has 1 fully saturated rings. The molecule has 1 amide bonds. The van der Waals surface area contributed by atoms with Crippen molar-refractivity contribution in [2.24, 2.45) is 0 Å². The van der Waals surface area contributed by atoms with Crippen LogP contribution in [0.1, 0.15) is 29.0 Å². The normalized spacial score (nSPS) is 17.8. The molecule has 5 nitrogen and oxygen atoms in total. The molecule has 6 heteroatoms. The highest BCUT2D eigenvalue weighted by molar-refractivity contribution is 7.13. The third kappa shape index (κ3) is 1.88. The fourth-order valence-electron chi connectivity index (χ4n) is 3.48. The van der Waals surface area contributed by atoms with Gasteiger partial charge in [-0.3, -0.25) is 9.78 Å². The van der Waals surface area contributed by atoms with E-state index in [-0.39, 0.29) is 5.91 Å². The van der Waals surface area contributed by atoms with E-state index in [4.69, 9.17) is 0 Å². The maximum atomic E-state index is 13.1. The monoisotopic (exact) mass is 324 g/mol. The average Bonchev–Trinajstić information content (AvgIpc) is 3.22. The Morgan fingerprint density at radius 3 is 2.91 bits per heavy atom. The van der Waals surface area contributed by atoms with Gasteiger partial charge in [0.1, 0.15) is 10.7 Å². The third-order valence-electron chi connectivity index (χ3n) is 4.67. The first-order valence-corrected chi connectivity index (χ1v) is 8.82. The van der Waals surface area contributed by atoms with Crippen molar-refractivity contribution in [1.82, 2.24) is 19.4 Å². The number of thiazole rings is 1. The van der Waals surface area contributed by atoms with E-state index in [1.54, 1.807) is 17.5 Å². The molecule has 23 heavy (non-hydrogen) atoms. The molecule has 0 radical (unpaired) electrons. The molecule has 0 atom stereocenters. The van der Waals surface area contributed by atoms with Crippen molar-refractivity contribution in [3.8, 4) is 10.6 Å². The van der Waals surface area contributed by atoms with Gasteiger partial charge in [0, 0.05) is 36.4 Å². The Labute approximate surface area is 137 Å². The molecule has 0 saturated heterocycles. The molecule has 0 unspecified atom stereocenters. The van der Waals surface area contributed by atoms with Crippen LogP contribution in [0.4, 0.5) is 0 Å². The number of carbonyl (C=O) groups excluding carboxylic acids is 1. The summed E-state index contributed by atoms with van der Waals surface area (Å²) in [6.45, 7) is 3.62. The summed E-state index contributed by atoms with van der Waals surface area (Å²) in [5.74, 6) is 0.139. The van der Waals surface area contributed by atoms with Crippen LogP contribution in [0.2, 0.25) is 0 Å². The maximum absolute atomic E-state index is 13.1. The zero-order valence-electron chi connectivity index (χ0n) is 12.8. The number of hydrogen-bond donors (Lipinski definition) is 0. The minimum atomic E-state index is 0.139. The summed E-state index contributed by atoms with van der Waals surface area (Å²) in [4.78, 5) is 24.4. The van der Waals surface area contributed by atoms with Gasteiger partial charge < -0.3 is 9.47 Å². The molecule has 0 aromatic carbocycles. The summed E-state index contributed by atoms with van der Waals surface area (Å²) in [6.07, 6.45) is 4.06. The Kier molecular flexibility index (Phi) is 2.68. The predicted octanol–water partition coefficient (Wildman–Crippen LogP) is 3.09. The molecular formula is C17H16N4OS. The first-order valence-electron chi connectivity index (χ1n) is 7.94. The smallest absolute Gasteiger partial charge is 0.271 e. The average molecular weight is 324 g/mol. The van der Waals surface area contributed by atoms with E-state index in [0.29, 0.717) is 6.04 Å². The topological polar surface area (TPSA) is 51.0 Å². The van der Waals surface area contributed by atoms with E-state index in [1.165, 1.54) is 0 Å². The number of rotatable bonds is 2. The molecular weight excluding hydrogens is 308 g/mol. The van der Waals surface area contributed by atoms with Crippen LogP contribution in [0.15, 0.2) is 23.7 Å². The van der Waals surface area contributed by atoms with Gasteiger partial charge >= 0.3 is 0 Å². The van der Waals surface area contributed by atoms with Gasteiger partial charge in [-0.2, -0.15) is 0 Å². The van der Waals surface area contributed by atoms with Crippen molar-refractivity contribution >= 4 is 28.3 Å². The Morgan fingerprint density at radius 1 is 1.30 bits per heavy atom. The summed E-state index contributed by atoms with van der Waals surface area (Å²) in [5, 5.41) is 2.92. The van der Waals surface area contributed by atoms with Gasteiger partial charge in [0.2, 0.25) is 0 Å². The number of nitrogens with zero attached hydrogens (tertiary/aromatic N) is 4. The van der Waals surface area contributed by atoms with E-state index in [9.17, 15) is 4.79 Å². The van der Waals surface area contributed by atoms with Gasteiger partial charge in [-0.15, -0.1) is 11.3 Å². The molecule has 2 aliphatic rings. The Bertz CT molecular complexity index is 937. The van der Waals surface area contributed by atoms with Gasteiger partial charge in [-0.1, -0.05) is 0 Å². The summed E-state index contributed by atoms with van der Waals surface area (Å²) in [5.41, 5.74) is 4.59. The molecule has 1 aliphatic carbocycles. The van der Waals surface area contributed by atoms with Crippen molar-refractivity contribution in [1.29, 1.82) is 0 Å². The second kappa shape index (κ2) is 4.64. The van der Waals surface area contributed by atoms with E-state index >= 15 is 0 Å². The Balaban J connectivity index is 1.81. The van der Waals surface area contributed by atoms with Crippen LogP contribution < -0.4 is 0 Å². The van der Waals surface area contributed by atoms with E-state index in [1.807, 2.05) is 23.3 Å². The van der Waals surface area contributed by atoms with Crippen LogP contribution >= 0.6 is 11.3 Å². The maximum Gasteiger partial charge on any atom is 0.271 e. The van der Waals surface area contributed by atoms with Crippen molar-refractivity contribution in [2.75, 3.05) is 6.54 Å². The number of pyridine rings is 1. The number of amides is 1.